The average molecular weight is 404 g/mol. The Kier molecular flexibility index (Phi) is 6.42. The summed E-state index contributed by atoms with van der Waals surface area (Å²) in [4.78, 5) is 14.3. The highest BCUT2D eigenvalue weighted by atomic mass is 32.1. The van der Waals surface area contributed by atoms with E-state index in [4.69, 9.17) is 4.74 Å². The van der Waals surface area contributed by atoms with Gasteiger partial charge in [-0.2, -0.15) is 0 Å². The molecule has 4 rings (SSSR count). The summed E-state index contributed by atoms with van der Waals surface area (Å²) in [5, 5.41) is 3.06. The van der Waals surface area contributed by atoms with E-state index >= 15 is 0 Å². The number of ether oxygens (including phenoxy) is 1. The largest absolute Gasteiger partial charge is 0.457 e. The van der Waals surface area contributed by atoms with Gasteiger partial charge in [0.15, 0.2) is 0 Å². The van der Waals surface area contributed by atoms with Gasteiger partial charge in [-0.3, -0.25) is 4.79 Å². The molecule has 0 aliphatic heterocycles. The van der Waals surface area contributed by atoms with Gasteiger partial charge in [-0.15, -0.1) is 11.3 Å². The first kappa shape index (κ1) is 19.5. The zero-order valence-corrected chi connectivity index (χ0v) is 17.2. The molecule has 1 aromatic heterocycles. The summed E-state index contributed by atoms with van der Waals surface area (Å²) in [5.41, 5.74) is 2.57. The molecule has 3 aromatic rings. The van der Waals surface area contributed by atoms with Crippen LogP contribution in [0.5, 0.6) is 11.5 Å². The van der Waals surface area contributed by atoms with Crippen LogP contribution < -0.4 is 10.1 Å². The summed E-state index contributed by atoms with van der Waals surface area (Å²) in [6.45, 7) is 0.712. The number of thiophene rings is 1. The van der Waals surface area contributed by atoms with Crippen LogP contribution in [0.3, 0.4) is 0 Å². The number of hydrogen-bond acceptors (Lipinski definition) is 3. The van der Waals surface area contributed by atoms with Crippen LogP contribution in [0.2, 0.25) is 0 Å². The van der Waals surface area contributed by atoms with Crippen LogP contribution in [0.1, 0.15) is 41.8 Å². The highest BCUT2D eigenvalue weighted by Crippen LogP contribution is 2.30. The van der Waals surface area contributed by atoms with Crippen LogP contribution in [0, 0.1) is 0 Å². The number of hydrogen-bond donors (Lipinski definition) is 1. The molecule has 2 aromatic carbocycles. The van der Waals surface area contributed by atoms with Gasteiger partial charge in [0, 0.05) is 11.4 Å². The maximum atomic E-state index is 12.4. The predicted octanol–water partition coefficient (Wildman–Crippen LogP) is 6.83. The van der Waals surface area contributed by atoms with Gasteiger partial charge in [-0.25, -0.2) is 0 Å². The smallest absolute Gasteiger partial charge is 0.261 e. The molecule has 1 aliphatic rings. The lowest BCUT2D eigenvalue weighted by atomic mass is 9.97. The summed E-state index contributed by atoms with van der Waals surface area (Å²) in [6, 6.07) is 21.6. The number of carbonyl (C=O) groups is 1. The molecule has 0 saturated carbocycles. The Hall–Kier alpha value is -2.85. The second kappa shape index (κ2) is 9.57. The van der Waals surface area contributed by atoms with E-state index < -0.39 is 0 Å². The first-order valence-electron chi connectivity index (χ1n) is 10.2. The summed E-state index contributed by atoms with van der Waals surface area (Å²) in [7, 11) is 0. The fourth-order valence-corrected chi connectivity index (χ4v) is 4.41. The molecule has 0 saturated heterocycles. The van der Waals surface area contributed by atoms with Crippen molar-refractivity contribution in [3.63, 3.8) is 0 Å². The molecule has 3 nitrogen and oxygen atoms in total. The van der Waals surface area contributed by atoms with Crippen LogP contribution in [0.4, 0.5) is 0 Å². The molecular weight excluding hydrogens is 378 g/mol. The molecule has 1 N–H and O–H groups in total. The number of carbonyl (C=O) groups excluding carboxylic acids is 1. The van der Waals surface area contributed by atoms with E-state index in [1.54, 1.807) is 0 Å². The van der Waals surface area contributed by atoms with Gasteiger partial charge < -0.3 is 10.1 Å². The van der Waals surface area contributed by atoms with Crippen LogP contribution >= 0.6 is 11.3 Å². The minimum atomic E-state index is 0.0155. The van der Waals surface area contributed by atoms with Gasteiger partial charge in [0.2, 0.25) is 0 Å². The van der Waals surface area contributed by atoms with Gasteiger partial charge in [0.1, 0.15) is 11.5 Å². The molecule has 0 radical (unpaired) electrons. The maximum Gasteiger partial charge on any atom is 0.261 e. The third-order valence-electron chi connectivity index (χ3n) is 5.06. The van der Waals surface area contributed by atoms with Crippen molar-refractivity contribution in [2.75, 3.05) is 6.54 Å². The maximum absolute atomic E-state index is 12.4. The Labute approximate surface area is 176 Å². The van der Waals surface area contributed by atoms with Gasteiger partial charge in [-0.1, -0.05) is 29.8 Å². The second-order valence-electron chi connectivity index (χ2n) is 7.22. The molecule has 1 aliphatic carbocycles. The third-order valence-corrected chi connectivity index (χ3v) is 6.20. The monoisotopic (exact) mass is 403 g/mol. The molecule has 0 bridgehead atoms. The quantitative estimate of drug-likeness (QED) is 0.439. The Morgan fingerprint density at radius 3 is 2.48 bits per heavy atom. The van der Waals surface area contributed by atoms with Crippen molar-refractivity contribution in [1.29, 1.82) is 0 Å². The van der Waals surface area contributed by atoms with E-state index in [-0.39, 0.29) is 5.91 Å². The lowest BCUT2D eigenvalue weighted by Crippen LogP contribution is -2.23. The van der Waals surface area contributed by atoms with E-state index in [9.17, 15) is 4.79 Å². The number of nitrogens with one attached hydrogen (secondary N) is 1. The Bertz CT molecular complexity index is 974. The minimum absolute atomic E-state index is 0.0155. The van der Waals surface area contributed by atoms with E-state index in [2.05, 4.69) is 11.4 Å². The summed E-state index contributed by atoms with van der Waals surface area (Å²) in [6.07, 6.45) is 8.25. The van der Waals surface area contributed by atoms with E-state index in [1.165, 1.54) is 42.6 Å². The number of amides is 1. The van der Waals surface area contributed by atoms with Gasteiger partial charge >= 0.3 is 0 Å². The van der Waals surface area contributed by atoms with Crippen LogP contribution in [0.15, 0.2) is 78.4 Å². The molecule has 148 valence electrons. The zero-order valence-electron chi connectivity index (χ0n) is 16.4. The molecule has 0 fully saturated rings. The molecule has 1 heterocycles. The van der Waals surface area contributed by atoms with Gasteiger partial charge in [0.05, 0.1) is 4.88 Å². The zero-order chi connectivity index (χ0) is 19.9. The van der Waals surface area contributed by atoms with Gasteiger partial charge in [-0.05, 0) is 86.2 Å². The fourth-order valence-electron chi connectivity index (χ4n) is 3.48. The van der Waals surface area contributed by atoms with E-state index in [0.717, 1.165) is 33.2 Å². The van der Waals surface area contributed by atoms with Gasteiger partial charge in [0.25, 0.3) is 5.91 Å². The standard InChI is InChI=1S/C25H25NO2S/c27-25(26-18-17-19-7-3-1-4-8-19)24-16-15-23(29-24)20-11-13-22(14-12-20)28-21-9-5-2-6-10-21/h2,5-7,9-16H,1,3-4,8,17-18H2,(H,26,27). The van der Waals surface area contributed by atoms with Crippen molar-refractivity contribution < 1.29 is 9.53 Å². The highest BCUT2D eigenvalue weighted by molar-refractivity contribution is 7.17. The Morgan fingerprint density at radius 2 is 1.72 bits per heavy atom. The second-order valence-corrected chi connectivity index (χ2v) is 8.30. The van der Waals surface area contributed by atoms with Crippen LogP contribution in [-0.4, -0.2) is 12.5 Å². The molecule has 1 amide bonds. The highest BCUT2D eigenvalue weighted by Gasteiger charge is 2.11. The number of rotatable bonds is 7. The minimum Gasteiger partial charge on any atom is -0.457 e. The molecule has 0 unspecified atom stereocenters. The van der Waals surface area contributed by atoms with Crippen molar-refractivity contribution >= 4 is 17.2 Å². The average Bonchev–Trinajstić information content (AvgIpc) is 3.26. The molecule has 0 atom stereocenters. The molecule has 4 heteroatoms. The predicted molar refractivity (Wildman–Crippen MR) is 120 cm³/mol. The molecule has 0 spiro atoms. The summed E-state index contributed by atoms with van der Waals surface area (Å²) >= 11 is 1.52. The van der Waals surface area contributed by atoms with Crippen LogP contribution in [0.25, 0.3) is 10.4 Å². The Balaban J connectivity index is 1.33. The molecule has 29 heavy (non-hydrogen) atoms. The lowest BCUT2D eigenvalue weighted by Gasteiger charge is -2.12. The van der Waals surface area contributed by atoms with Crippen molar-refractivity contribution in [2.45, 2.75) is 32.1 Å². The number of benzene rings is 2. The van der Waals surface area contributed by atoms with Crippen LogP contribution in [-0.2, 0) is 0 Å². The molecular formula is C25H25NO2S. The van der Waals surface area contributed by atoms with Crippen molar-refractivity contribution in [3.05, 3.63) is 83.3 Å². The van der Waals surface area contributed by atoms with E-state index in [1.807, 2.05) is 66.7 Å². The SMILES string of the molecule is O=C(NCCC1=CCCCC1)c1ccc(-c2ccc(Oc3ccccc3)cc2)s1. The Morgan fingerprint density at radius 1 is 0.931 bits per heavy atom. The fraction of sp³-hybridized carbons (Fsp3) is 0.240. The number of allylic oxidation sites excluding steroid dienone is 1. The van der Waals surface area contributed by atoms with E-state index in [0.29, 0.717) is 6.54 Å². The first-order chi connectivity index (χ1) is 14.3. The van der Waals surface area contributed by atoms with Crippen molar-refractivity contribution in [1.82, 2.24) is 5.32 Å². The summed E-state index contributed by atoms with van der Waals surface area (Å²) in [5.74, 6) is 1.63. The summed E-state index contributed by atoms with van der Waals surface area (Å²) < 4.78 is 5.84. The first-order valence-corrected chi connectivity index (χ1v) is 11.0. The lowest BCUT2D eigenvalue weighted by molar-refractivity contribution is 0.0958. The number of para-hydroxylation sites is 1. The van der Waals surface area contributed by atoms with Crippen molar-refractivity contribution in [3.8, 4) is 21.9 Å². The normalized spacial score (nSPS) is 13.6. The topological polar surface area (TPSA) is 38.3 Å². The van der Waals surface area contributed by atoms with Crippen molar-refractivity contribution in [2.24, 2.45) is 0 Å². The third kappa shape index (κ3) is 5.36.